The van der Waals surface area contributed by atoms with Crippen molar-refractivity contribution in [2.75, 3.05) is 11.4 Å². The van der Waals surface area contributed by atoms with Crippen LogP contribution in [0.3, 0.4) is 0 Å². The highest BCUT2D eigenvalue weighted by Crippen LogP contribution is 2.24. The second-order valence-electron chi connectivity index (χ2n) is 4.40. The maximum Gasteiger partial charge on any atom is 0.335 e. The largest absolute Gasteiger partial charge is 0.478 e. The normalized spacial score (nSPS) is 11.2. The molecular weight excluding hydrogens is 316 g/mol. The molecule has 2 aromatic carbocycles. The number of sulfonamides is 1. The summed E-state index contributed by atoms with van der Waals surface area (Å²) >= 11 is 0. The minimum Gasteiger partial charge on any atom is -0.478 e. The maximum atomic E-state index is 13.2. The van der Waals surface area contributed by atoms with Gasteiger partial charge in [0.1, 0.15) is 0 Å². The smallest absolute Gasteiger partial charge is 0.335 e. The molecule has 0 atom stereocenters. The summed E-state index contributed by atoms with van der Waals surface area (Å²) in [7, 11) is -2.93. The quantitative estimate of drug-likeness (QED) is 0.936. The van der Waals surface area contributed by atoms with E-state index in [0.717, 1.165) is 35.6 Å². The predicted molar refractivity (Wildman–Crippen MR) is 75.3 cm³/mol. The second-order valence-corrected chi connectivity index (χ2v) is 6.37. The number of hydrogen-bond donors (Lipinski definition) is 1. The van der Waals surface area contributed by atoms with Gasteiger partial charge >= 0.3 is 5.97 Å². The highest BCUT2D eigenvalue weighted by Gasteiger charge is 2.23. The predicted octanol–water partition coefficient (Wildman–Crippen LogP) is 2.49. The molecule has 1 N–H and O–H groups in total. The molecule has 0 bridgehead atoms. The molecule has 0 saturated heterocycles. The lowest BCUT2D eigenvalue weighted by Gasteiger charge is -2.19. The Morgan fingerprint density at radius 1 is 1.09 bits per heavy atom. The van der Waals surface area contributed by atoms with Crippen LogP contribution < -0.4 is 4.31 Å². The van der Waals surface area contributed by atoms with Crippen molar-refractivity contribution < 1.29 is 27.1 Å². The van der Waals surface area contributed by atoms with E-state index < -0.39 is 27.6 Å². The summed E-state index contributed by atoms with van der Waals surface area (Å²) < 4.78 is 51.7. The minimum absolute atomic E-state index is 0.0837. The van der Waals surface area contributed by atoms with Gasteiger partial charge in [0.2, 0.25) is 0 Å². The number of carbonyl (C=O) groups is 1. The topological polar surface area (TPSA) is 74.7 Å². The Kier molecular flexibility index (Phi) is 4.14. The van der Waals surface area contributed by atoms with E-state index in [9.17, 15) is 22.0 Å². The lowest BCUT2D eigenvalue weighted by molar-refractivity contribution is 0.0696. The van der Waals surface area contributed by atoms with Crippen molar-refractivity contribution in [1.82, 2.24) is 0 Å². The Labute approximate surface area is 125 Å². The van der Waals surface area contributed by atoms with E-state index in [1.54, 1.807) is 0 Å². The number of carboxylic acid groups (broad SMARTS) is 1. The zero-order chi connectivity index (χ0) is 16.5. The molecule has 5 nitrogen and oxygen atoms in total. The number of carboxylic acids is 1. The number of hydrogen-bond acceptors (Lipinski definition) is 3. The van der Waals surface area contributed by atoms with Crippen LogP contribution in [-0.4, -0.2) is 26.5 Å². The van der Waals surface area contributed by atoms with Gasteiger partial charge in [-0.2, -0.15) is 0 Å². The summed E-state index contributed by atoms with van der Waals surface area (Å²) in [4.78, 5) is 10.6. The van der Waals surface area contributed by atoms with Crippen molar-refractivity contribution in [1.29, 1.82) is 0 Å². The van der Waals surface area contributed by atoms with E-state index in [1.165, 1.54) is 18.2 Å². The lowest BCUT2D eigenvalue weighted by atomic mass is 10.2. The van der Waals surface area contributed by atoms with Gasteiger partial charge in [0.25, 0.3) is 10.0 Å². The van der Waals surface area contributed by atoms with E-state index in [-0.39, 0.29) is 16.1 Å². The molecule has 0 unspecified atom stereocenters. The van der Waals surface area contributed by atoms with Crippen LogP contribution in [0.2, 0.25) is 0 Å². The first-order valence-corrected chi connectivity index (χ1v) is 7.45. The number of anilines is 1. The summed E-state index contributed by atoms with van der Waals surface area (Å²) in [6, 6.07) is 7.41. The molecule has 2 aromatic rings. The Bertz CT molecular complexity index is 836. The van der Waals surface area contributed by atoms with Crippen molar-refractivity contribution in [2.45, 2.75) is 4.90 Å². The van der Waals surface area contributed by atoms with Gasteiger partial charge in [0, 0.05) is 13.1 Å². The third-order valence-corrected chi connectivity index (χ3v) is 4.79. The van der Waals surface area contributed by atoms with Gasteiger partial charge in [-0.1, -0.05) is 6.07 Å². The van der Waals surface area contributed by atoms with Crippen LogP contribution in [0.25, 0.3) is 0 Å². The fourth-order valence-electron chi connectivity index (χ4n) is 1.77. The van der Waals surface area contributed by atoms with E-state index in [4.69, 9.17) is 5.11 Å². The zero-order valence-corrected chi connectivity index (χ0v) is 12.1. The molecule has 0 aromatic heterocycles. The fraction of sp³-hybridized carbons (Fsp3) is 0.0714. The molecule has 22 heavy (non-hydrogen) atoms. The van der Waals surface area contributed by atoms with Crippen LogP contribution in [0.1, 0.15) is 10.4 Å². The Morgan fingerprint density at radius 2 is 1.77 bits per heavy atom. The number of halogens is 2. The zero-order valence-electron chi connectivity index (χ0n) is 11.3. The summed E-state index contributed by atoms with van der Waals surface area (Å²) in [6.45, 7) is 0. The summed E-state index contributed by atoms with van der Waals surface area (Å²) in [6.07, 6.45) is 0. The first kappa shape index (κ1) is 15.9. The summed E-state index contributed by atoms with van der Waals surface area (Å²) in [5, 5.41) is 8.90. The third-order valence-electron chi connectivity index (χ3n) is 3.01. The molecular formula is C14H11F2NO4S. The van der Waals surface area contributed by atoms with E-state index in [1.807, 2.05) is 0 Å². The molecule has 0 spiro atoms. The maximum absolute atomic E-state index is 13.2. The molecule has 0 radical (unpaired) electrons. The third kappa shape index (κ3) is 2.91. The van der Waals surface area contributed by atoms with Crippen LogP contribution in [0.15, 0.2) is 47.4 Å². The second kappa shape index (κ2) is 5.72. The van der Waals surface area contributed by atoms with Gasteiger partial charge < -0.3 is 5.11 Å². The molecule has 0 aliphatic heterocycles. The average Bonchev–Trinajstić information content (AvgIpc) is 2.49. The fourth-order valence-corrected chi connectivity index (χ4v) is 3.00. The van der Waals surface area contributed by atoms with E-state index in [0.29, 0.717) is 0 Å². The van der Waals surface area contributed by atoms with Crippen molar-refractivity contribution in [3.63, 3.8) is 0 Å². The van der Waals surface area contributed by atoms with Crippen molar-refractivity contribution >= 4 is 21.7 Å². The minimum atomic E-state index is -4.10. The SMILES string of the molecule is CN(c1ccc(F)c(F)c1)S(=O)(=O)c1cccc(C(=O)O)c1. The first-order chi connectivity index (χ1) is 10.2. The molecule has 0 aliphatic rings. The van der Waals surface area contributed by atoms with Gasteiger partial charge in [0.15, 0.2) is 11.6 Å². The van der Waals surface area contributed by atoms with Crippen molar-refractivity contribution in [3.8, 4) is 0 Å². The van der Waals surface area contributed by atoms with Crippen LogP contribution in [0, 0.1) is 11.6 Å². The first-order valence-electron chi connectivity index (χ1n) is 6.01. The highest BCUT2D eigenvalue weighted by atomic mass is 32.2. The van der Waals surface area contributed by atoms with Gasteiger partial charge in [-0.05, 0) is 30.3 Å². The van der Waals surface area contributed by atoms with E-state index >= 15 is 0 Å². The standard InChI is InChI=1S/C14H11F2NO4S/c1-17(10-5-6-12(15)13(16)8-10)22(20,21)11-4-2-3-9(7-11)14(18)19/h2-8H,1H3,(H,18,19). The molecule has 0 fully saturated rings. The Morgan fingerprint density at radius 3 is 2.36 bits per heavy atom. The Balaban J connectivity index is 2.47. The van der Waals surface area contributed by atoms with Crippen molar-refractivity contribution in [2.24, 2.45) is 0 Å². The van der Waals surface area contributed by atoms with Crippen molar-refractivity contribution in [3.05, 3.63) is 59.7 Å². The monoisotopic (exact) mass is 327 g/mol. The summed E-state index contributed by atoms with van der Waals surface area (Å²) in [5.74, 6) is -3.55. The summed E-state index contributed by atoms with van der Waals surface area (Å²) in [5.41, 5.74) is -0.278. The molecule has 8 heteroatoms. The molecule has 2 rings (SSSR count). The number of nitrogens with zero attached hydrogens (tertiary/aromatic N) is 1. The van der Waals surface area contributed by atoms with Gasteiger partial charge in [-0.3, -0.25) is 4.31 Å². The molecule has 0 aliphatic carbocycles. The van der Waals surface area contributed by atoms with Crippen LogP contribution in [-0.2, 0) is 10.0 Å². The molecule has 0 heterocycles. The van der Waals surface area contributed by atoms with Crippen LogP contribution >= 0.6 is 0 Å². The average molecular weight is 327 g/mol. The van der Waals surface area contributed by atoms with Gasteiger partial charge in [0.05, 0.1) is 16.1 Å². The van der Waals surface area contributed by atoms with Crippen LogP contribution in [0.4, 0.5) is 14.5 Å². The highest BCUT2D eigenvalue weighted by molar-refractivity contribution is 7.92. The molecule has 0 amide bonds. The van der Waals surface area contributed by atoms with E-state index in [2.05, 4.69) is 0 Å². The number of aromatic carboxylic acids is 1. The molecule has 0 saturated carbocycles. The number of rotatable bonds is 4. The Hall–Kier alpha value is -2.48. The lowest BCUT2D eigenvalue weighted by Crippen LogP contribution is -2.26. The number of benzene rings is 2. The van der Waals surface area contributed by atoms with Crippen LogP contribution in [0.5, 0.6) is 0 Å². The van der Waals surface area contributed by atoms with Gasteiger partial charge in [-0.25, -0.2) is 22.0 Å². The molecule has 116 valence electrons. The van der Waals surface area contributed by atoms with Gasteiger partial charge in [-0.15, -0.1) is 0 Å².